The van der Waals surface area contributed by atoms with Gasteiger partial charge < -0.3 is 20.7 Å². The highest BCUT2D eigenvalue weighted by atomic mass is 35.5. The van der Waals surface area contributed by atoms with Gasteiger partial charge in [0.2, 0.25) is 0 Å². The lowest BCUT2D eigenvalue weighted by Gasteiger charge is -2.33. The molecule has 2 aliphatic rings. The summed E-state index contributed by atoms with van der Waals surface area (Å²) >= 11 is 7.75. The smallest absolute Gasteiger partial charge is 0.312 e. The summed E-state index contributed by atoms with van der Waals surface area (Å²) in [4.78, 5) is 11.1. The Hall–Kier alpha value is -2.69. The molecule has 1 fully saturated rings. The number of nitrogens with zero attached hydrogens (tertiary/aromatic N) is 3. The van der Waals surface area contributed by atoms with Crippen LogP contribution in [-0.4, -0.2) is 46.7 Å². The molecule has 1 aromatic carbocycles. The molecule has 0 amide bonds. The first kappa shape index (κ1) is 22.5. The Bertz CT molecular complexity index is 1100. The van der Waals surface area contributed by atoms with Crippen molar-refractivity contribution in [3.05, 3.63) is 74.2 Å². The van der Waals surface area contributed by atoms with Gasteiger partial charge in [-0.25, -0.2) is 9.37 Å². The molecule has 3 N–H and O–H groups in total. The van der Waals surface area contributed by atoms with E-state index in [4.69, 9.17) is 22.0 Å². The summed E-state index contributed by atoms with van der Waals surface area (Å²) in [5.74, 6) is -0.0632. The van der Waals surface area contributed by atoms with E-state index in [1.54, 1.807) is 6.20 Å². The SMILES string of the molecule is N=C/C(=C\NC(F)F)C1=C2CC(CO)CN2C(c2nccs2)=N[C@H]1c1ccc(F)cc1Cl. The van der Waals surface area contributed by atoms with E-state index in [2.05, 4.69) is 4.98 Å². The number of thiazole rings is 1. The van der Waals surface area contributed by atoms with E-state index in [0.717, 1.165) is 18.1 Å². The van der Waals surface area contributed by atoms with Gasteiger partial charge >= 0.3 is 6.55 Å². The molecule has 168 valence electrons. The molecule has 4 rings (SSSR count). The largest absolute Gasteiger partial charge is 0.396 e. The normalized spacial score (nSPS) is 21.1. The molecule has 6 nitrogen and oxygen atoms in total. The van der Waals surface area contributed by atoms with Crippen LogP contribution in [0.15, 0.2) is 57.8 Å². The number of aliphatic hydroxyl groups excluding tert-OH is 1. The molecule has 2 aliphatic heterocycles. The Morgan fingerprint density at radius 2 is 2.25 bits per heavy atom. The lowest BCUT2D eigenvalue weighted by atomic mass is 9.89. The number of amidine groups is 1. The van der Waals surface area contributed by atoms with Gasteiger partial charge in [0.15, 0.2) is 10.8 Å². The van der Waals surface area contributed by atoms with Gasteiger partial charge in [-0.15, -0.1) is 11.3 Å². The molecule has 0 radical (unpaired) electrons. The van der Waals surface area contributed by atoms with Crippen molar-refractivity contribution in [2.24, 2.45) is 10.9 Å². The molecule has 0 spiro atoms. The van der Waals surface area contributed by atoms with E-state index in [1.807, 2.05) is 15.6 Å². The highest BCUT2D eigenvalue weighted by Gasteiger charge is 2.40. The van der Waals surface area contributed by atoms with Gasteiger partial charge in [0.25, 0.3) is 0 Å². The van der Waals surface area contributed by atoms with Crippen LogP contribution in [0.1, 0.15) is 23.0 Å². The fourth-order valence-electron chi connectivity index (χ4n) is 3.95. The summed E-state index contributed by atoms with van der Waals surface area (Å²) < 4.78 is 39.5. The quantitative estimate of drug-likeness (QED) is 0.405. The number of benzene rings is 1. The molecule has 1 aromatic heterocycles. The monoisotopic (exact) mass is 481 g/mol. The van der Waals surface area contributed by atoms with Crippen molar-refractivity contribution in [3.63, 3.8) is 0 Å². The number of nitrogens with one attached hydrogen (secondary N) is 2. The molecule has 1 unspecified atom stereocenters. The highest BCUT2D eigenvalue weighted by molar-refractivity contribution is 7.11. The summed E-state index contributed by atoms with van der Waals surface area (Å²) in [6, 6.07) is 3.14. The average Bonchev–Trinajstić information content (AvgIpc) is 3.44. The maximum atomic E-state index is 13.7. The number of aromatic nitrogens is 1. The molecule has 11 heteroatoms. The van der Waals surface area contributed by atoms with Crippen LogP contribution in [-0.2, 0) is 0 Å². The summed E-state index contributed by atoms with van der Waals surface area (Å²) in [6.07, 6.45) is 4.14. The number of halogens is 4. The second kappa shape index (κ2) is 9.43. The minimum absolute atomic E-state index is 0.0701. The van der Waals surface area contributed by atoms with E-state index in [1.165, 1.54) is 29.5 Å². The van der Waals surface area contributed by atoms with Crippen LogP contribution >= 0.6 is 22.9 Å². The minimum atomic E-state index is -2.81. The van der Waals surface area contributed by atoms with Crippen LogP contribution in [0.25, 0.3) is 0 Å². The zero-order valence-electron chi connectivity index (χ0n) is 16.6. The number of aliphatic imine (C=N–C) groups is 1. The topological polar surface area (TPSA) is 84.6 Å². The van der Waals surface area contributed by atoms with Crippen molar-refractivity contribution in [2.75, 3.05) is 13.2 Å². The lowest BCUT2D eigenvalue weighted by Crippen LogP contribution is -2.34. The predicted octanol–water partition coefficient (Wildman–Crippen LogP) is 4.35. The molecular weight excluding hydrogens is 463 g/mol. The van der Waals surface area contributed by atoms with Crippen LogP contribution in [0.5, 0.6) is 0 Å². The summed E-state index contributed by atoms with van der Waals surface area (Å²) in [7, 11) is 0. The number of fused-ring (bicyclic) bond motifs is 1. The van der Waals surface area contributed by atoms with Crippen molar-refractivity contribution in [2.45, 2.75) is 19.0 Å². The first-order valence-corrected chi connectivity index (χ1v) is 11.0. The van der Waals surface area contributed by atoms with E-state index >= 15 is 0 Å². The second-order valence-electron chi connectivity index (χ2n) is 7.29. The number of rotatable bonds is 7. The average molecular weight is 482 g/mol. The van der Waals surface area contributed by atoms with Crippen molar-refractivity contribution in [1.82, 2.24) is 15.2 Å². The van der Waals surface area contributed by atoms with E-state index < -0.39 is 18.4 Å². The number of allylic oxidation sites excluding steroid dienone is 1. The molecule has 1 saturated heterocycles. The van der Waals surface area contributed by atoms with Gasteiger partial charge in [-0.3, -0.25) is 4.99 Å². The van der Waals surface area contributed by atoms with Gasteiger partial charge in [0.05, 0.1) is 0 Å². The number of alkyl halides is 2. The van der Waals surface area contributed by atoms with E-state index in [0.29, 0.717) is 34.9 Å². The van der Waals surface area contributed by atoms with E-state index in [-0.39, 0.29) is 23.1 Å². The second-order valence-corrected chi connectivity index (χ2v) is 8.60. The van der Waals surface area contributed by atoms with Gasteiger partial charge in [-0.2, -0.15) is 8.78 Å². The van der Waals surface area contributed by atoms with Gasteiger partial charge in [-0.1, -0.05) is 17.7 Å². The third-order valence-electron chi connectivity index (χ3n) is 5.31. The third-order valence-corrected chi connectivity index (χ3v) is 6.41. The number of hydrogen-bond acceptors (Lipinski definition) is 7. The molecule has 0 saturated carbocycles. The summed E-state index contributed by atoms with van der Waals surface area (Å²) in [5, 5.41) is 22.2. The van der Waals surface area contributed by atoms with Crippen LogP contribution in [0, 0.1) is 17.1 Å². The van der Waals surface area contributed by atoms with Gasteiger partial charge in [0.1, 0.15) is 11.9 Å². The van der Waals surface area contributed by atoms with Crippen LogP contribution in [0.2, 0.25) is 5.02 Å². The Kier molecular flexibility index (Phi) is 6.63. The van der Waals surface area contributed by atoms with Gasteiger partial charge in [0, 0.05) is 64.9 Å². The first-order valence-electron chi connectivity index (χ1n) is 9.72. The maximum absolute atomic E-state index is 13.7. The highest BCUT2D eigenvalue weighted by Crippen LogP contribution is 2.45. The molecule has 32 heavy (non-hydrogen) atoms. The summed E-state index contributed by atoms with van der Waals surface area (Å²) in [5.41, 5.74) is 1.90. The van der Waals surface area contributed by atoms with Crippen molar-refractivity contribution in [1.29, 1.82) is 5.41 Å². The zero-order chi connectivity index (χ0) is 22.8. The molecule has 3 heterocycles. The number of hydrogen-bond donors (Lipinski definition) is 3. The van der Waals surface area contributed by atoms with Crippen molar-refractivity contribution in [3.8, 4) is 0 Å². The zero-order valence-corrected chi connectivity index (χ0v) is 18.2. The van der Waals surface area contributed by atoms with Crippen LogP contribution in [0.4, 0.5) is 13.2 Å². The van der Waals surface area contributed by atoms with E-state index in [9.17, 15) is 18.3 Å². The fraction of sp³-hybridized carbons (Fsp3) is 0.286. The van der Waals surface area contributed by atoms with Crippen molar-refractivity contribution >= 4 is 35.0 Å². The molecule has 2 atom stereocenters. The van der Waals surface area contributed by atoms with Gasteiger partial charge in [-0.05, 0) is 24.1 Å². The van der Waals surface area contributed by atoms with Crippen LogP contribution in [0.3, 0.4) is 0 Å². The van der Waals surface area contributed by atoms with Crippen LogP contribution < -0.4 is 5.32 Å². The number of aliphatic hydroxyl groups is 1. The Balaban J connectivity index is 1.94. The Morgan fingerprint density at radius 3 is 2.88 bits per heavy atom. The minimum Gasteiger partial charge on any atom is -0.396 e. The fourth-order valence-corrected chi connectivity index (χ4v) is 4.86. The summed E-state index contributed by atoms with van der Waals surface area (Å²) in [6.45, 7) is -2.42. The van der Waals surface area contributed by atoms with Crippen molar-refractivity contribution < 1.29 is 18.3 Å². The predicted molar refractivity (Wildman–Crippen MR) is 118 cm³/mol. The Labute approximate surface area is 191 Å². The first-order chi connectivity index (χ1) is 15.4. The molecular formula is C21H19ClF3N5OS. The standard InChI is InChI=1S/C21H19ClF3N5OS/c22-15-6-13(23)1-2-14(15)18-17(12(7-26)8-28-21(24)25)16-5-11(10-31)9-30(16)19(29-18)20-27-3-4-32-20/h1-4,6-8,11,18,21,26,28,31H,5,9-10H2/b12-8+,26-7?/t11?,18-/m0/s1. The third kappa shape index (κ3) is 4.30. The maximum Gasteiger partial charge on any atom is 0.312 e. The molecule has 0 aliphatic carbocycles. The Morgan fingerprint density at radius 1 is 1.44 bits per heavy atom. The lowest BCUT2D eigenvalue weighted by molar-refractivity contribution is 0.125. The molecule has 2 aromatic rings. The molecule has 0 bridgehead atoms.